The molecule has 0 radical (unpaired) electrons. The number of para-hydroxylation sites is 1. The van der Waals surface area contributed by atoms with Crippen molar-refractivity contribution in [3.05, 3.63) is 41.0 Å². The number of fused-ring (bicyclic) bond motifs is 1. The second kappa shape index (κ2) is 5.82. The molecule has 1 N–H and O–H groups in total. The third-order valence-corrected chi connectivity index (χ3v) is 7.72. The van der Waals surface area contributed by atoms with Gasteiger partial charge in [-0.05, 0) is 38.7 Å². The summed E-state index contributed by atoms with van der Waals surface area (Å²) >= 11 is 1.20. The number of ether oxygens (including phenoxy) is 1. The Balaban J connectivity index is 1.68. The summed E-state index contributed by atoms with van der Waals surface area (Å²) in [5.41, 5.74) is 0.686. The number of benzene rings is 1. The number of sulfonamides is 1. The molecular formula is C17H20N2O3S2. The smallest absolute Gasteiger partial charge is 0.252 e. The molecule has 1 atom stereocenters. The van der Waals surface area contributed by atoms with Crippen LogP contribution in [0.5, 0.6) is 5.75 Å². The van der Waals surface area contributed by atoms with E-state index in [4.69, 9.17) is 4.74 Å². The van der Waals surface area contributed by atoms with Crippen LogP contribution in [0.25, 0.3) is 0 Å². The molecule has 1 aromatic carbocycles. The molecule has 7 heteroatoms. The van der Waals surface area contributed by atoms with E-state index in [2.05, 4.69) is 9.71 Å². The van der Waals surface area contributed by atoms with Crippen molar-refractivity contribution < 1.29 is 13.2 Å². The van der Waals surface area contributed by atoms with E-state index in [1.165, 1.54) is 17.5 Å². The van der Waals surface area contributed by atoms with E-state index in [-0.39, 0.29) is 15.9 Å². The molecule has 1 unspecified atom stereocenters. The van der Waals surface area contributed by atoms with Crippen LogP contribution >= 0.6 is 11.3 Å². The lowest BCUT2D eigenvalue weighted by atomic mass is 9.86. The highest BCUT2D eigenvalue weighted by molar-refractivity contribution is 7.91. The predicted octanol–water partition coefficient (Wildman–Crippen LogP) is 3.57. The van der Waals surface area contributed by atoms with Crippen molar-refractivity contribution >= 4 is 21.4 Å². The summed E-state index contributed by atoms with van der Waals surface area (Å²) in [6.07, 6.45) is 6.35. The van der Waals surface area contributed by atoms with Gasteiger partial charge in [0.15, 0.2) is 4.21 Å². The van der Waals surface area contributed by atoms with E-state index in [0.29, 0.717) is 6.42 Å². The summed E-state index contributed by atoms with van der Waals surface area (Å²) < 4.78 is 34.9. The van der Waals surface area contributed by atoms with Crippen molar-refractivity contribution in [2.75, 3.05) is 0 Å². The molecule has 1 aliphatic heterocycles. The van der Waals surface area contributed by atoms with Gasteiger partial charge in [-0.25, -0.2) is 18.1 Å². The van der Waals surface area contributed by atoms with Crippen molar-refractivity contribution in [1.29, 1.82) is 0 Å². The van der Waals surface area contributed by atoms with Gasteiger partial charge in [-0.3, -0.25) is 0 Å². The molecule has 1 saturated carbocycles. The molecule has 1 fully saturated rings. The summed E-state index contributed by atoms with van der Waals surface area (Å²) in [5.74, 6) is 0.804. The Morgan fingerprint density at radius 3 is 2.75 bits per heavy atom. The maximum Gasteiger partial charge on any atom is 0.252 e. The molecular weight excluding hydrogens is 344 g/mol. The van der Waals surface area contributed by atoms with Crippen LogP contribution < -0.4 is 9.46 Å². The molecule has 2 aliphatic rings. The number of hydrogen-bond acceptors (Lipinski definition) is 5. The standard InChI is InChI=1S/C17H20N2O3S2/c1-12-18-11-16(23-12)24(20,21)19-14-10-17(8-4-5-9-17)22-15-7-3-2-6-13(14)15/h2-3,6-7,11,14,19H,4-5,8-10H2,1H3. The monoisotopic (exact) mass is 364 g/mol. The predicted molar refractivity (Wildman–Crippen MR) is 92.8 cm³/mol. The highest BCUT2D eigenvalue weighted by Gasteiger charge is 2.44. The quantitative estimate of drug-likeness (QED) is 0.904. The van der Waals surface area contributed by atoms with E-state index in [0.717, 1.165) is 42.0 Å². The molecule has 5 nitrogen and oxygen atoms in total. The minimum Gasteiger partial charge on any atom is -0.487 e. The molecule has 1 aromatic heterocycles. The summed E-state index contributed by atoms with van der Waals surface area (Å²) in [4.78, 5) is 4.07. The first-order valence-corrected chi connectivity index (χ1v) is 10.5. The molecule has 128 valence electrons. The second-order valence-corrected chi connectivity index (χ2v) is 9.78. The average molecular weight is 364 g/mol. The van der Waals surface area contributed by atoms with Gasteiger partial charge in [0, 0.05) is 12.0 Å². The van der Waals surface area contributed by atoms with Gasteiger partial charge in [-0.1, -0.05) is 18.2 Å². The molecule has 1 spiro atoms. The van der Waals surface area contributed by atoms with Crippen molar-refractivity contribution in [2.24, 2.45) is 0 Å². The van der Waals surface area contributed by atoms with Crippen molar-refractivity contribution in [2.45, 2.75) is 54.9 Å². The highest BCUT2D eigenvalue weighted by atomic mass is 32.2. The van der Waals surface area contributed by atoms with E-state index in [1.807, 2.05) is 24.3 Å². The molecule has 0 amide bonds. The van der Waals surface area contributed by atoms with Crippen LogP contribution in [0.15, 0.2) is 34.7 Å². The van der Waals surface area contributed by atoms with Gasteiger partial charge in [0.1, 0.15) is 11.4 Å². The van der Waals surface area contributed by atoms with Gasteiger partial charge in [0.05, 0.1) is 17.2 Å². The Labute approximate surface area is 146 Å². The van der Waals surface area contributed by atoms with Gasteiger partial charge < -0.3 is 4.74 Å². The fourth-order valence-electron chi connectivity index (χ4n) is 3.76. The molecule has 0 saturated heterocycles. The van der Waals surface area contributed by atoms with Crippen molar-refractivity contribution in [3.8, 4) is 5.75 Å². The Hall–Kier alpha value is -1.44. The van der Waals surface area contributed by atoms with E-state index >= 15 is 0 Å². The number of thiazole rings is 1. The largest absolute Gasteiger partial charge is 0.487 e. The average Bonchev–Trinajstić information content (AvgIpc) is 3.17. The van der Waals surface area contributed by atoms with Crippen LogP contribution in [0.1, 0.15) is 48.7 Å². The SMILES string of the molecule is Cc1ncc(S(=O)(=O)NC2CC3(CCCC3)Oc3ccccc32)s1. The zero-order valence-corrected chi connectivity index (χ0v) is 15.1. The van der Waals surface area contributed by atoms with Gasteiger partial charge in [-0.15, -0.1) is 11.3 Å². The van der Waals surface area contributed by atoms with Crippen LogP contribution in [-0.2, 0) is 10.0 Å². The Morgan fingerprint density at radius 2 is 2.04 bits per heavy atom. The maximum absolute atomic E-state index is 12.7. The van der Waals surface area contributed by atoms with Crippen LogP contribution in [-0.4, -0.2) is 19.0 Å². The number of rotatable bonds is 3. The van der Waals surface area contributed by atoms with E-state index in [1.54, 1.807) is 6.92 Å². The normalized spacial score (nSPS) is 22.3. The third-order valence-electron chi connectivity index (χ3n) is 4.87. The number of nitrogens with one attached hydrogen (secondary N) is 1. The van der Waals surface area contributed by atoms with Crippen LogP contribution in [0.4, 0.5) is 0 Å². The molecule has 4 rings (SSSR count). The van der Waals surface area contributed by atoms with E-state index < -0.39 is 10.0 Å². The molecule has 1 aliphatic carbocycles. The Morgan fingerprint density at radius 1 is 1.29 bits per heavy atom. The Kier molecular flexibility index (Phi) is 3.89. The minimum atomic E-state index is -3.58. The number of aromatic nitrogens is 1. The van der Waals surface area contributed by atoms with Gasteiger partial charge in [-0.2, -0.15) is 0 Å². The fraction of sp³-hybridized carbons (Fsp3) is 0.471. The zero-order chi connectivity index (χ0) is 16.8. The lowest BCUT2D eigenvalue weighted by molar-refractivity contribution is 0.0403. The lowest BCUT2D eigenvalue weighted by Gasteiger charge is -2.40. The van der Waals surface area contributed by atoms with Gasteiger partial charge in [0.2, 0.25) is 0 Å². The first kappa shape index (κ1) is 16.1. The molecule has 2 heterocycles. The van der Waals surface area contributed by atoms with Gasteiger partial charge >= 0.3 is 0 Å². The number of aryl methyl sites for hydroxylation is 1. The summed E-state index contributed by atoms with van der Waals surface area (Å²) in [6, 6.07) is 7.48. The van der Waals surface area contributed by atoms with E-state index in [9.17, 15) is 8.42 Å². The minimum absolute atomic E-state index is 0.231. The second-order valence-electron chi connectivity index (χ2n) is 6.61. The third kappa shape index (κ3) is 2.85. The summed E-state index contributed by atoms with van der Waals surface area (Å²) in [6.45, 7) is 1.81. The number of nitrogens with zero attached hydrogens (tertiary/aromatic N) is 1. The van der Waals surface area contributed by atoms with Crippen molar-refractivity contribution in [3.63, 3.8) is 0 Å². The molecule has 0 bridgehead atoms. The van der Waals surface area contributed by atoms with Crippen LogP contribution in [0.2, 0.25) is 0 Å². The topological polar surface area (TPSA) is 68.3 Å². The first-order valence-electron chi connectivity index (χ1n) is 8.20. The summed E-state index contributed by atoms with van der Waals surface area (Å²) in [7, 11) is -3.58. The highest BCUT2D eigenvalue weighted by Crippen LogP contribution is 2.47. The van der Waals surface area contributed by atoms with Crippen LogP contribution in [0.3, 0.4) is 0 Å². The first-order chi connectivity index (χ1) is 11.5. The van der Waals surface area contributed by atoms with Gasteiger partial charge in [0.25, 0.3) is 10.0 Å². The number of hydrogen-bond donors (Lipinski definition) is 1. The molecule has 2 aromatic rings. The van der Waals surface area contributed by atoms with Crippen molar-refractivity contribution in [1.82, 2.24) is 9.71 Å². The maximum atomic E-state index is 12.7. The lowest BCUT2D eigenvalue weighted by Crippen LogP contribution is -2.43. The molecule has 24 heavy (non-hydrogen) atoms. The van der Waals surface area contributed by atoms with Crippen LogP contribution in [0, 0.1) is 6.92 Å². The zero-order valence-electron chi connectivity index (χ0n) is 13.5. The Bertz CT molecular complexity index is 854. The summed E-state index contributed by atoms with van der Waals surface area (Å²) in [5, 5.41) is 0.745. The fourth-order valence-corrected chi connectivity index (χ4v) is 6.10.